The van der Waals surface area contributed by atoms with Gasteiger partial charge in [-0.2, -0.15) is 13.2 Å². The van der Waals surface area contributed by atoms with E-state index in [1.807, 2.05) is 6.92 Å². The van der Waals surface area contributed by atoms with Crippen molar-refractivity contribution in [3.05, 3.63) is 24.0 Å². The molecule has 0 aliphatic carbocycles. The van der Waals surface area contributed by atoms with Crippen LogP contribution in [-0.4, -0.2) is 24.8 Å². The zero-order valence-corrected chi connectivity index (χ0v) is 10.4. The molecule has 6 heteroatoms. The van der Waals surface area contributed by atoms with Crippen LogP contribution in [0.1, 0.15) is 31.5 Å². The first-order valence-corrected chi connectivity index (χ1v) is 5.77. The average Bonchev–Trinajstić information content (AvgIpc) is 2.33. The highest BCUT2D eigenvalue weighted by Gasteiger charge is 2.29. The number of methoxy groups -OCH3 is 1. The molecular weight excluding hydrogens is 245 g/mol. The Balaban J connectivity index is 2.83. The Morgan fingerprint density at radius 2 is 2.17 bits per heavy atom. The van der Waals surface area contributed by atoms with Gasteiger partial charge in [-0.3, -0.25) is 4.98 Å². The van der Waals surface area contributed by atoms with Crippen LogP contribution < -0.4 is 10.1 Å². The minimum atomic E-state index is -4.16. The molecule has 0 radical (unpaired) electrons. The number of rotatable bonds is 6. The summed E-state index contributed by atoms with van der Waals surface area (Å²) in [6, 6.07) is 2.93. The van der Waals surface area contributed by atoms with E-state index >= 15 is 0 Å². The van der Waals surface area contributed by atoms with Crippen LogP contribution >= 0.6 is 0 Å². The van der Waals surface area contributed by atoms with Crippen molar-refractivity contribution < 1.29 is 17.9 Å². The summed E-state index contributed by atoms with van der Waals surface area (Å²) in [6.45, 7) is 2.41. The van der Waals surface area contributed by atoms with E-state index in [1.54, 1.807) is 18.3 Å². The lowest BCUT2D eigenvalue weighted by molar-refractivity contribution is -0.136. The van der Waals surface area contributed by atoms with Crippen LogP contribution in [0.15, 0.2) is 18.3 Å². The largest absolute Gasteiger partial charge is 0.495 e. The highest BCUT2D eigenvalue weighted by Crippen LogP contribution is 2.30. The molecule has 1 atom stereocenters. The molecule has 1 aromatic heterocycles. The van der Waals surface area contributed by atoms with Gasteiger partial charge in [-0.1, -0.05) is 6.92 Å². The smallest absolute Gasteiger partial charge is 0.389 e. The maximum Gasteiger partial charge on any atom is 0.389 e. The normalized spacial score (nSPS) is 13.4. The topological polar surface area (TPSA) is 34.2 Å². The molecule has 0 aromatic carbocycles. The average molecular weight is 262 g/mol. The van der Waals surface area contributed by atoms with E-state index in [0.717, 1.165) is 0 Å². The summed E-state index contributed by atoms with van der Waals surface area (Å²) >= 11 is 0. The van der Waals surface area contributed by atoms with E-state index in [0.29, 0.717) is 18.0 Å². The highest BCUT2D eigenvalue weighted by atomic mass is 19.4. The lowest BCUT2D eigenvalue weighted by atomic mass is 10.1. The van der Waals surface area contributed by atoms with E-state index in [4.69, 9.17) is 4.74 Å². The number of alkyl halides is 3. The summed E-state index contributed by atoms with van der Waals surface area (Å²) in [5.41, 5.74) is 0.520. The Morgan fingerprint density at radius 1 is 1.44 bits per heavy atom. The summed E-state index contributed by atoms with van der Waals surface area (Å²) in [5, 5.41) is 3.00. The molecule has 0 bridgehead atoms. The van der Waals surface area contributed by atoms with Crippen molar-refractivity contribution in [1.82, 2.24) is 10.3 Å². The van der Waals surface area contributed by atoms with Gasteiger partial charge in [0.25, 0.3) is 0 Å². The van der Waals surface area contributed by atoms with Gasteiger partial charge in [0.05, 0.1) is 18.8 Å². The first-order valence-electron chi connectivity index (χ1n) is 5.77. The molecule has 0 fully saturated rings. The lowest BCUT2D eigenvalue weighted by Gasteiger charge is -2.20. The van der Waals surface area contributed by atoms with Crippen LogP contribution in [0.3, 0.4) is 0 Å². The third-order valence-corrected chi connectivity index (χ3v) is 2.52. The molecule has 102 valence electrons. The Labute approximate surface area is 104 Å². The maximum absolute atomic E-state index is 12.3. The maximum atomic E-state index is 12.3. The molecule has 0 saturated carbocycles. The van der Waals surface area contributed by atoms with Crippen LogP contribution in [-0.2, 0) is 0 Å². The van der Waals surface area contributed by atoms with Crippen LogP contribution in [0.4, 0.5) is 13.2 Å². The summed E-state index contributed by atoms with van der Waals surface area (Å²) in [7, 11) is 1.48. The Bertz CT molecular complexity index is 369. The molecule has 0 amide bonds. The van der Waals surface area contributed by atoms with Crippen LogP contribution in [0.25, 0.3) is 0 Å². The first kappa shape index (κ1) is 14.8. The third kappa shape index (κ3) is 4.52. The molecular formula is C12H17F3N2O. The molecule has 3 nitrogen and oxygen atoms in total. The number of nitrogens with one attached hydrogen (secondary N) is 1. The van der Waals surface area contributed by atoms with E-state index in [-0.39, 0.29) is 6.42 Å². The summed E-state index contributed by atoms with van der Waals surface area (Å²) < 4.78 is 41.9. The lowest BCUT2D eigenvalue weighted by Crippen LogP contribution is -2.24. The zero-order valence-electron chi connectivity index (χ0n) is 10.4. The van der Waals surface area contributed by atoms with E-state index in [2.05, 4.69) is 10.3 Å². The van der Waals surface area contributed by atoms with Gasteiger partial charge in [0.1, 0.15) is 5.75 Å². The van der Waals surface area contributed by atoms with E-state index in [9.17, 15) is 13.2 Å². The summed E-state index contributed by atoms with van der Waals surface area (Å²) in [4.78, 5) is 4.11. The second kappa shape index (κ2) is 6.58. The third-order valence-electron chi connectivity index (χ3n) is 2.52. The molecule has 1 unspecified atom stereocenters. The molecule has 1 heterocycles. The fourth-order valence-electron chi connectivity index (χ4n) is 1.73. The molecule has 1 N–H and O–H groups in total. The standard InChI is InChI=1S/C12H17F3N2O/c1-3-16-9(6-7-12(13,14)15)11-10(18-2)5-4-8-17-11/h4-5,8-9,16H,3,6-7H2,1-2H3. The fraction of sp³-hybridized carbons (Fsp3) is 0.583. The SMILES string of the molecule is CCNC(CCC(F)(F)F)c1ncccc1OC. The number of halogens is 3. The predicted molar refractivity (Wildman–Crippen MR) is 62.5 cm³/mol. The molecule has 18 heavy (non-hydrogen) atoms. The second-order valence-electron chi connectivity index (χ2n) is 3.86. The van der Waals surface area contributed by atoms with Gasteiger partial charge in [0.15, 0.2) is 0 Å². The van der Waals surface area contributed by atoms with Crippen molar-refractivity contribution in [3.63, 3.8) is 0 Å². The van der Waals surface area contributed by atoms with Crippen molar-refractivity contribution in [2.45, 2.75) is 32.0 Å². The Kier molecular flexibility index (Phi) is 5.40. The second-order valence-corrected chi connectivity index (χ2v) is 3.86. The molecule has 0 aliphatic rings. The molecule has 0 aliphatic heterocycles. The number of ether oxygens (including phenoxy) is 1. The number of pyridine rings is 1. The molecule has 1 rings (SSSR count). The summed E-state index contributed by atoms with van der Waals surface area (Å²) in [6.07, 6.45) is -3.50. The van der Waals surface area contributed by atoms with Crippen molar-refractivity contribution in [1.29, 1.82) is 0 Å². The van der Waals surface area contributed by atoms with Gasteiger partial charge >= 0.3 is 6.18 Å². The summed E-state index contributed by atoms with van der Waals surface area (Å²) in [5.74, 6) is 0.505. The molecule has 1 aromatic rings. The molecule has 0 spiro atoms. The van der Waals surface area contributed by atoms with Crippen molar-refractivity contribution >= 4 is 0 Å². The van der Waals surface area contributed by atoms with Crippen LogP contribution in [0, 0.1) is 0 Å². The highest BCUT2D eigenvalue weighted by molar-refractivity contribution is 5.29. The van der Waals surface area contributed by atoms with Gasteiger partial charge in [0.2, 0.25) is 0 Å². The Morgan fingerprint density at radius 3 is 2.72 bits per heavy atom. The van der Waals surface area contributed by atoms with Crippen LogP contribution in [0.5, 0.6) is 5.75 Å². The minimum absolute atomic E-state index is 0.0509. The van der Waals surface area contributed by atoms with E-state index in [1.165, 1.54) is 7.11 Å². The van der Waals surface area contributed by atoms with Gasteiger partial charge in [-0.15, -0.1) is 0 Å². The first-order chi connectivity index (χ1) is 8.48. The quantitative estimate of drug-likeness (QED) is 0.855. The van der Waals surface area contributed by atoms with Crippen LogP contribution in [0.2, 0.25) is 0 Å². The van der Waals surface area contributed by atoms with E-state index < -0.39 is 18.6 Å². The Hall–Kier alpha value is -1.30. The number of hydrogen-bond acceptors (Lipinski definition) is 3. The molecule has 0 saturated heterocycles. The number of nitrogens with zero attached hydrogens (tertiary/aromatic N) is 1. The zero-order chi connectivity index (χ0) is 13.6. The predicted octanol–water partition coefficient (Wildman–Crippen LogP) is 3.08. The van der Waals surface area contributed by atoms with Crippen molar-refractivity contribution in [2.75, 3.05) is 13.7 Å². The minimum Gasteiger partial charge on any atom is -0.495 e. The van der Waals surface area contributed by atoms with Gasteiger partial charge < -0.3 is 10.1 Å². The van der Waals surface area contributed by atoms with Crippen molar-refractivity contribution in [3.8, 4) is 5.75 Å². The number of aromatic nitrogens is 1. The number of hydrogen-bond donors (Lipinski definition) is 1. The fourth-order valence-corrected chi connectivity index (χ4v) is 1.73. The van der Waals surface area contributed by atoms with Gasteiger partial charge in [0, 0.05) is 12.6 Å². The van der Waals surface area contributed by atoms with Gasteiger partial charge in [-0.25, -0.2) is 0 Å². The monoisotopic (exact) mass is 262 g/mol. The van der Waals surface area contributed by atoms with Gasteiger partial charge in [-0.05, 0) is 25.1 Å². The van der Waals surface area contributed by atoms with Crippen molar-refractivity contribution in [2.24, 2.45) is 0 Å².